The SMILES string of the molecule is CCN(CC)S(=O)(=O)c1ccc2c(c1)nc(SCC(=O)Nc1ccc(OC)c(Cl)c1)n2CC. The second-order valence-corrected chi connectivity index (χ2v) is 10.4. The fraction of sp³-hybridized carbons (Fsp3) is 0.364. The summed E-state index contributed by atoms with van der Waals surface area (Å²) in [5, 5.41) is 3.86. The molecular weight excluding hydrogens is 484 g/mol. The Kier molecular flexibility index (Phi) is 8.28. The van der Waals surface area contributed by atoms with Crippen molar-refractivity contribution < 1.29 is 17.9 Å². The summed E-state index contributed by atoms with van der Waals surface area (Å²) < 4.78 is 34.2. The molecule has 0 atom stereocenters. The molecule has 33 heavy (non-hydrogen) atoms. The van der Waals surface area contributed by atoms with Gasteiger partial charge in [-0.2, -0.15) is 4.31 Å². The van der Waals surface area contributed by atoms with E-state index in [-0.39, 0.29) is 16.6 Å². The normalized spacial score (nSPS) is 11.8. The second kappa shape index (κ2) is 10.8. The topological polar surface area (TPSA) is 93.5 Å². The summed E-state index contributed by atoms with van der Waals surface area (Å²) >= 11 is 7.40. The molecule has 0 saturated carbocycles. The molecule has 0 fully saturated rings. The van der Waals surface area contributed by atoms with Gasteiger partial charge in [0.25, 0.3) is 0 Å². The number of methoxy groups -OCH3 is 1. The van der Waals surface area contributed by atoms with Crippen molar-refractivity contribution in [1.29, 1.82) is 0 Å². The number of aryl methyl sites for hydroxylation is 1. The average molecular weight is 511 g/mol. The number of nitrogens with one attached hydrogen (secondary N) is 1. The van der Waals surface area contributed by atoms with Crippen LogP contribution in [-0.4, -0.2) is 54.1 Å². The van der Waals surface area contributed by atoms with Gasteiger partial charge in [-0.25, -0.2) is 13.4 Å². The Balaban J connectivity index is 1.79. The number of sulfonamides is 1. The molecule has 3 aromatic rings. The van der Waals surface area contributed by atoms with E-state index in [1.807, 2.05) is 25.3 Å². The zero-order valence-corrected chi connectivity index (χ0v) is 21.4. The summed E-state index contributed by atoms with van der Waals surface area (Å²) in [5.74, 6) is 0.459. The molecule has 1 N–H and O–H groups in total. The molecule has 2 aromatic carbocycles. The summed E-state index contributed by atoms with van der Waals surface area (Å²) in [6.07, 6.45) is 0. The van der Waals surface area contributed by atoms with Gasteiger partial charge in [0, 0.05) is 25.3 Å². The van der Waals surface area contributed by atoms with Gasteiger partial charge in [0.05, 0.1) is 33.8 Å². The molecule has 0 aliphatic carbocycles. The van der Waals surface area contributed by atoms with Gasteiger partial charge in [-0.15, -0.1) is 0 Å². The lowest BCUT2D eigenvalue weighted by atomic mass is 10.3. The number of hydrogen-bond acceptors (Lipinski definition) is 6. The number of benzene rings is 2. The van der Waals surface area contributed by atoms with Gasteiger partial charge in [0.1, 0.15) is 5.75 Å². The third kappa shape index (κ3) is 5.46. The molecule has 0 bridgehead atoms. The number of aromatic nitrogens is 2. The molecule has 11 heteroatoms. The standard InChI is InChI=1S/C22H27ClN4O4S2/c1-5-26(6-2)33(29,30)16-9-10-19-18(13-16)25-22(27(19)7-3)32-14-21(28)24-15-8-11-20(31-4)17(23)12-15/h8-13H,5-7,14H2,1-4H3,(H,24,28). The number of rotatable bonds is 10. The maximum atomic E-state index is 12.9. The first-order chi connectivity index (χ1) is 15.7. The lowest BCUT2D eigenvalue weighted by Crippen LogP contribution is -2.30. The van der Waals surface area contributed by atoms with Crippen LogP contribution in [0.15, 0.2) is 46.5 Å². The Bertz CT molecular complexity index is 1260. The zero-order chi connectivity index (χ0) is 24.2. The van der Waals surface area contributed by atoms with Crippen LogP contribution < -0.4 is 10.1 Å². The van der Waals surface area contributed by atoms with Gasteiger partial charge >= 0.3 is 0 Å². The minimum absolute atomic E-state index is 0.136. The van der Waals surface area contributed by atoms with E-state index in [0.717, 1.165) is 5.52 Å². The zero-order valence-electron chi connectivity index (χ0n) is 19.0. The van der Waals surface area contributed by atoms with E-state index < -0.39 is 10.0 Å². The number of nitrogens with zero attached hydrogens (tertiary/aromatic N) is 3. The number of hydrogen-bond donors (Lipinski definition) is 1. The lowest BCUT2D eigenvalue weighted by molar-refractivity contribution is -0.113. The molecule has 0 aliphatic rings. The van der Waals surface area contributed by atoms with Crippen LogP contribution in [0.4, 0.5) is 5.69 Å². The third-order valence-electron chi connectivity index (χ3n) is 5.11. The van der Waals surface area contributed by atoms with Crippen LogP contribution >= 0.6 is 23.4 Å². The largest absolute Gasteiger partial charge is 0.495 e. The van der Waals surface area contributed by atoms with E-state index in [9.17, 15) is 13.2 Å². The van der Waals surface area contributed by atoms with Crippen LogP contribution in [-0.2, 0) is 21.4 Å². The molecule has 1 aromatic heterocycles. The number of ether oxygens (including phenoxy) is 1. The van der Waals surface area contributed by atoms with E-state index in [0.29, 0.717) is 46.8 Å². The van der Waals surface area contributed by atoms with Gasteiger partial charge < -0.3 is 14.6 Å². The number of imidazole rings is 1. The van der Waals surface area contributed by atoms with Gasteiger partial charge in [-0.05, 0) is 43.3 Å². The Hall–Kier alpha value is -2.27. The first-order valence-electron chi connectivity index (χ1n) is 10.5. The number of amides is 1. The van der Waals surface area contributed by atoms with Gasteiger partial charge in [0.2, 0.25) is 15.9 Å². The van der Waals surface area contributed by atoms with E-state index in [1.165, 1.54) is 23.2 Å². The highest BCUT2D eigenvalue weighted by Crippen LogP contribution is 2.29. The molecule has 0 aliphatic heterocycles. The van der Waals surface area contributed by atoms with E-state index in [2.05, 4.69) is 10.3 Å². The fourth-order valence-electron chi connectivity index (χ4n) is 3.45. The predicted octanol–water partition coefficient (Wildman–Crippen LogP) is 4.48. The van der Waals surface area contributed by atoms with Crippen LogP contribution in [0.2, 0.25) is 5.02 Å². The van der Waals surface area contributed by atoms with Crippen molar-refractivity contribution in [1.82, 2.24) is 13.9 Å². The van der Waals surface area contributed by atoms with Crippen LogP contribution in [0.3, 0.4) is 0 Å². The number of carbonyl (C=O) groups excluding carboxylic acids is 1. The van der Waals surface area contributed by atoms with Crippen molar-refractivity contribution >= 4 is 56.0 Å². The Labute approximate surface area is 203 Å². The van der Waals surface area contributed by atoms with Crippen molar-refractivity contribution in [3.8, 4) is 5.75 Å². The van der Waals surface area contributed by atoms with Crippen molar-refractivity contribution in [3.05, 3.63) is 41.4 Å². The molecular formula is C22H27ClN4O4S2. The van der Waals surface area contributed by atoms with E-state index >= 15 is 0 Å². The molecule has 8 nitrogen and oxygen atoms in total. The highest BCUT2D eigenvalue weighted by atomic mass is 35.5. The smallest absolute Gasteiger partial charge is 0.243 e. The first-order valence-corrected chi connectivity index (χ1v) is 13.3. The quantitative estimate of drug-likeness (QED) is 0.404. The van der Waals surface area contributed by atoms with Gasteiger partial charge in [-0.1, -0.05) is 37.2 Å². The van der Waals surface area contributed by atoms with Crippen molar-refractivity contribution in [3.63, 3.8) is 0 Å². The Morgan fingerprint density at radius 3 is 2.52 bits per heavy atom. The third-order valence-corrected chi connectivity index (χ3v) is 8.43. The average Bonchev–Trinajstić information content (AvgIpc) is 3.15. The molecule has 0 unspecified atom stereocenters. The van der Waals surface area contributed by atoms with Crippen LogP contribution in [0.1, 0.15) is 20.8 Å². The molecule has 0 radical (unpaired) electrons. The minimum atomic E-state index is -3.58. The summed E-state index contributed by atoms with van der Waals surface area (Å²) in [7, 11) is -2.05. The van der Waals surface area contributed by atoms with E-state index in [1.54, 1.807) is 36.4 Å². The number of fused-ring (bicyclic) bond motifs is 1. The van der Waals surface area contributed by atoms with Crippen molar-refractivity contribution in [2.24, 2.45) is 0 Å². The second-order valence-electron chi connectivity index (χ2n) is 7.06. The van der Waals surface area contributed by atoms with Crippen LogP contribution in [0.5, 0.6) is 5.75 Å². The summed E-state index contributed by atoms with van der Waals surface area (Å²) in [5.41, 5.74) is 1.97. The molecule has 1 heterocycles. The van der Waals surface area contributed by atoms with Crippen LogP contribution in [0.25, 0.3) is 11.0 Å². The van der Waals surface area contributed by atoms with Gasteiger partial charge in [0.15, 0.2) is 5.16 Å². The molecule has 178 valence electrons. The summed E-state index contributed by atoms with van der Waals surface area (Å²) in [6.45, 7) is 7.03. The lowest BCUT2D eigenvalue weighted by Gasteiger charge is -2.18. The Morgan fingerprint density at radius 1 is 1.18 bits per heavy atom. The summed E-state index contributed by atoms with van der Waals surface area (Å²) in [4.78, 5) is 17.3. The van der Waals surface area contributed by atoms with Crippen molar-refractivity contribution in [2.45, 2.75) is 37.4 Å². The molecule has 0 spiro atoms. The summed E-state index contributed by atoms with van der Waals surface area (Å²) in [6, 6.07) is 10.0. The number of halogens is 1. The highest BCUT2D eigenvalue weighted by molar-refractivity contribution is 7.99. The molecule has 3 rings (SSSR count). The predicted molar refractivity (Wildman–Crippen MR) is 133 cm³/mol. The number of anilines is 1. The first kappa shape index (κ1) is 25.4. The monoisotopic (exact) mass is 510 g/mol. The van der Waals surface area contributed by atoms with E-state index in [4.69, 9.17) is 16.3 Å². The highest BCUT2D eigenvalue weighted by Gasteiger charge is 2.23. The number of thioether (sulfide) groups is 1. The molecule has 1 amide bonds. The number of carbonyl (C=O) groups is 1. The Morgan fingerprint density at radius 2 is 1.91 bits per heavy atom. The molecule has 0 saturated heterocycles. The maximum Gasteiger partial charge on any atom is 0.243 e. The van der Waals surface area contributed by atoms with Crippen LogP contribution in [0, 0.1) is 0 Å². The maximum absolute atomic E-state index is 12.9. The fourth-order valence-corrected chi connectivity index (χ4v) is 6.06. The van der Waals surface area contributed by atoms with Gasteiger partial charge in [-0.3, -0.25) is 4.79 Å². The van der Waals surface area contributed by atoms with Crippen molar-refractivity contribution in [2.75, 3.05) is 31.3 Å². The minimum Gasteiger partial charge on any atom is -0.495 e.